The van der Waals surface area contributed by atoms with Crippen molar-refractivity contribution in [2.75, 3.05) is 0 Å². The fraction of sp³-hybridized carbons (Fsp3) is 0.538. The summed E-state index contributed by atoms with van der Waals surface area (Å²) in [5.74, 6) is -0.138. The average molecular weight is 445 g/mol. The van der Waals surface area contributed by atoms with Crippen molar-refractivity contribution in [2.24, 2.45) is 0 Å². The molecule has 0 aromatic heterocycles. The standard InChI is InChI=1S/C13H17Br3O2/c1-2-3-4-5-6-7-8-9(14)10(15)11(16)13(18)12(8)17/h17-18H,2-7H2,1H3. The van der Waals surface area contributed by atoms with Gasteiger partial charge in [-0.2, -0.15) is 0 Å². The lowest BCUT2D eigenvalue weighted by atomic mass is 10.0. The second-order valence-electron chi connectivity index (χ2n) is 4.28. The Kier molecular flexibility index (Phi) is 7.03. The van der Waals surface area contributed by atoms with E-state index >= 15 is 0 Å². The second kappa shape index (κ2) is 7.75. The first kappa shape index (κ1) is 16.3. The minimum absolute atomic E-state index is 0.0348. The molecule has 102 valence electrons. The van der Waals surface area contributed by atoms with Crippen molar-refractivity contribution in [1.82, 2.24) is 0 Å². The molecule has 5 heteroatoms. The first-order chi connectivity index (χ1) is 8.50. The number of rotatable bonds is 6. The number of phenolic OH excluding ortho intramolecular Hbond substituents is 2. The number of aromatic hydroxyl groups is 2. The molecule has 0 aliphatic carbocycles. The lowest BCUT2D eigenvalue weighted by Gasteiger charge is -2.13. The summed E-state index contributed by atoms with van der Waals surface area (Å²) in [5.41, 5.74) is 0.763. The summed E-state index contributed by atoms with van der Waals surface area (Å²) in [4.78, 5) is 0. The van der Waals surface area contributed by atoms with Crippen molar-refractivity contribution >= 4 is 47.8 Å². The summed E-state index contributed by atoms with van der Waals surface area (Å²) in [6.45, 7) is 2.19. The largest absolute Gasteiger partial charge is 0.504 e. The maximum Gasteiger partial charge on any atom is 0.173 e. The smallest absolute Gasteiger partial charge is 0.173 e. The van der Waals surface area contributed by atoms with E-state index in [0.717, 1.165) is 33.8 Å². The fourth-order valence-electron chi connectivity index (χ4n) is 1.82. The van der Waals surface area contributed by atoms with E-state index in [1.54, 1.807) is 0 Å². The maximum atomic E-state index is 9.96. The van der Waals surface area contributed by atoms with E-state index in [-0.39, 0.29) is 11.5 Å². The van der Waals surface area contributed by atoms with Gasteiger partial charge in [-0.1, -0.05) is 32.6 Å². The molecule has 1 aromatic carbocycles. The number of phenols is 2. The molecule has 0 aliphatic rings. The zero-order valence-electron chi connectivity index (χ0n) is 10.3. The molecule has 0 radical (unpaired) electrons. The van der Waals surface area contributed by atoms with E-state index < -0.39 is 0 Å². The van der Waals surface area contributed by atoms with Crippen LogP contribution in [0.15, 0.2) is 13.4 Å². The zero-order valence-corrected chi connectivity index (χ0v) is 15.0. The third-order valence-corrected chi connectivity index (χ3v) is 6.40. The van der Waals surface area contributed by atoms with Crippen LogP contribution in [0.3, 0.4) is 0 Å². The van der Waals surface area contributed by atoms with Gasteiger partial charge in [0.2, 0.25) is 0 Å². The maximum absolute atomic E-state index is 9.96. The van der Waals surface area contributed by atoms with Gasteiger partial charge in [0.25, 0.3) is 0 Å². The summed E-state index contributed by atoms with van der Waals surface area (Å²) in [5, 5.41) is 19.7. The van der Waals surface area contributed by atoms with Crippen molar-refractivity contribution in [1.29, 1.82) is 0 Å². The highest BCUT2D eigenvalue weighted by atomic mass is 79.9. The quantitative estimate of drug-likeness (QED) is 0.326. The molecule has 0 amide bonds. The third-order valence-electron chi connectivity index (χ3n) is 2.90. The van der Waals surface area contributed by atoms with Crippen LogP contribution in [0.5, 0.6) is 11.5 Å². The molecule has 0 bridgehead atoms. The lowest BCUT2D eigenvalue weighted by molar-refractivity contribution is 0.395. The Hall–Kier alpha value is 0.260. The van der Waals surface area contributed by atoms with Crippen LogP contribution in [0.2, 0.25) is 0 Å². The van der Waals surface area contributed by atoms with Crippen molar-refractivity contribution in [3.05, 3.63) is 19.0 Å². The lowest BCUT2D eigenvalue weighted by Crippen LogP contribution is -1.92. The number of unbranched alkanes of at least 4 members (excludes halogenated alkanes) is 4. The van der Waals surface area contributed by atoms with Crippen LogP contribution >= 0.6 is 47.8 Å². The van der Waals surface area contributed by atoms with Gasteiger partial charge >= 0.3 is 0 Å². The van der Waals surface area contributed by atoms with Crippen LogP contribution in [-0.2, 0) is 6.42 Å². The van der Waals surface area contributed by atoms with E-state index in [2.05, 4.69) is 54.7 Å². The van der Waals surface area contributed by atoms with Gasteiger partial charge in [0.1, 0.15) is 0 Å². The monoisotopic (exact) mass is 442 g/mol. The Morgan fingerprint density at radius 2 is 1.39 bits per heavy atom. The number of halogens is 3. The first-order valence-electron chi connectivity index (χ1n) is 6.07. The molecule has 1 rings (SSSR count). The van der Waals surface area contributed by atoms with Gasteiger partial charge < -0.3 is 10.2 Å². The number of hydrogen-bond acceptors (Lipinski definition) is 2. The van der Waals surface area contributed by atoms with E-state index in [1.165, 1.54) is 19.3 Å². The zero-order chi connectivity index (χ0) is 13.7. The molecule has 0 aliphatic heterocycles. The fourth-order valence-corrected chi connectivity index (χ4v) is 3.48. The topological polar surface area (TPSA) is 40.5 Å². The van der Waals surface area contributed by atoms with Gasteiger partial charge in [0.05, 0.1) is 8.95 Å². The second-order valence-corrected chi connectivity index (χ2v) is 6.66. The molecule has 0 spiro atoms. The Labute approximate surface area is 133 Å². The van der Waals surface area contributed by atoms with E-state index in [9.17, 15) is 10.2 Å². The van der Waals surface area contributed by atoms with Crippen LogP contribution in [0.1, 0.15) is 44.6 Å². The number of benzene rings is 1. The van der Waals surface area contributed by atoms with Gasteiger partial charge in [0.15, 0.2) is 11.5 Å². The highest BCUT2D eigenvalue weighted by Crippen LogP contribution is 2.47. The molecule has 0 fully saturated rings. The highest BCUT2D eigenvalue weighted by molar-refractivity contribution is 9.14. The van der Waals surface area contributed by atoms with Crippen LogP contribution in [0.25, 0.3) is 0 Å². The van der Waals surface area contributed by atoms with E-state index in [1.807, 2.05) is 0 Å². The third kappa shape index (κ3) is 3.87. The van der Waals surface area contributed by atoms with Crippen LogP contribution in [-0.4, -0.2) is 10.2 Å². The molecule has 0 heterocycles. The molecule has 0 saturated heterocycles. The SMILES string of the molecule is CCCCCCCc1c(O)c(O)c(Br)c(Br)c1Br. The van der Waals surface area contributed by atoms with E-state index in [0.29, 0.717) is 4.47 Å². The highest BCUT2D eigenvalue weighted by Gasteiger charge is 2.19. The summed E-state index contributed by atoms with van der Waals surface area (Å²) >= 11 is 10.1. The van der Waals surface area contributed by atoms with Gasteiger partial charge in [-0.3, -0.25) is 0 Å². The predicted molar refractivity (Wildman–Crippen MR) is 85.3 cm³/mol. The first-order valence-corrected chi connectivity index (χ1v) is 8.45. The normalized spacial score (nSPS) is 10.9. The molecule has 18 heavy (non-hydrogen) atoms. The van der Waals surface area contributed by atoms with Crippen LogP contribution in [0, 0.1) is 0 Å². The van der Waals surface area contributed by atoms with Gasteiger partial charge in [-0.15, -0.1) is 0 Å². The minimum Gasteiger partial charge on any atom is -0.504 e. The van der Waals surface area contributed by atoms with Crippen molar-refractivity contribution in [2.45, 2.75) is 45.4 Å². The van der Waals surface area contributed by atoms with Crippen LogP contribution < -0.4 is 0 Å². The summed E-state index contributed by atoms with van der Waals surface area (Å²) in [6, 6.07) is 0. The average Bonchev–Trinajstić information content (AvgIpc) is 2.37. The molecular weight excluding hydrogens is 428 g/mol. The molecular formula is C13H17Br3O2. The predicted octanol–water partition coefficient (Wildman–Crippen LogP) is 5.90. The summed E-state index contributed by atoms with van der Waals surface area (Å²) < 4.78 is 2.02. The van der Waals surface area contributed by atoms with Crippen molar-refractivity contribution in [3.63, 3.8) is 0 Å². The Morgan fingerprint density at radius 1 is 0.778 bits per heavy atom. The Bertz CT molecular complexity index is 390. The van der Waals surface area contributed by atoms with E-state index in [4.69, 9.17) is 0 Å². The molecule has 0 saturated carbocycles. The van der Waals surface area contributed by atoms with Gasteiger partial charge in [-0.05, 0) is 60.6 Å². The molecule has 2 N–H and O–H groups in total. The molecule has 1 aromatic rings. The molecule has 0 atom stereocenters. The van der Waals surface area contributed by atoms with Gasteiger partial charge in [0, 0.05) is 10.0 Å². The summed E-state index contributed by atoms with van der Waals surface area (Å²) in [6.07, 6.45) is 6.62. The van der Waals surface area contributed by atoms with Crippen molar-refractivity contribution < 1.29 is 10.2 Å². The Morgan fingerprint density at radius 3 is 2.00 bits per heavy atom. The van der Waals surface area contributed by atoms with Gasteiger partial charge in [-0.25, -0.2) is 0 Å². The summed E-state index contributed by atoms with van der Waals surface area (Å²) in [7, 11) is 0. The molecule has 2 nitrogen and oxygen atoms in total. The number of hydrogen-bond donors (Lipinski definition) is 2. The van der Waals surface area contributed by atoms with Crippen LogP contribution in [0.4, 0.5) is 0 Å². The molecule has 0 unspecified atom stereocenters. The Balaban J connectivity index is 2.77. The van der Waals surface area contributed by atoms with Crippen molar-refractivity contribution in [3.8, 4) is 11.5 Å². The minimum atomic E-state index is -0.103.